The Balaban J connectivity index is 2.80. The highest BCUT2D eigenvalue weighted by Crippen LogP contribution is 2.18. The molecule has 0 aliphatic rings. The molecule has 4 nitrogen and oxygen atoms in total. The highest BCUT2D eigenvalue weighted by Gasteiger charge is 2.21. The Morgan fingerprint density at radius 3 is 2.80 bits per heavy atom. The predicted octanol–water partition coefficient (Wildman–Crippen LogP) is 1.01. The first-order chi connectivity index (χ1) is 7.15. The Hall–Kier alpha value is -1.80. The second-order valence-corrected chi connectivity index (χ2v) is 3.61. The van der Waals surface area contributed by atoms with Crippen molar-refractivity contribution < 1.29 is 14.7 Å². The first kappa shape index (κ1) is 11.3. The Bertz CT molecular complexity index is 414. The van der Waals surface area contributed by atoms with Gasteiger partial charge in [-0.15, -0.1) is 11.3 Å². The zero-order valence-electron chi connectivity index (χ0n) is 7.98. The van der Waals surface area contributed by atoms with Gasteiger partial charge >= 0.3 is 5.97 Å². The van der Waals surface area contributed by atoms with Crippen molar-refractivity contribution in [3.63, 3.8) is 0 Å². The van der Waals surface area contributed by atoms with E-state index < -0.39 is 17.9 Å². The summed E-state index contributed by atoms with van der Waals surface area (Å²) in [5, 5.41) is 13.0. The minimum Gasteiger partial charge on any atom is -0.479 e. The Morgan fingerprint density at radius 2 is 2.33 bits per heavy atom. The van der Waals surface area contributed by atoms with Crippen LogP contribution in [0.25, 0.3) is 0 Å². The molecule has 0 fully saturated rings. The van der Waals surface area contributed by atoms with Gasteiger partial charge in [0, 0.05) is 4.88 Å². The number of carboxylic acid groups (broad SMARTS) is 1. The molecule has 0 aliphatic heterocycles. The molecule has 1 atom stereocenters. The van der Waals surface area contributed by atoms with Crippen LogP contribution in [0.15, 0.2) is 17.5 Å². The van der Waals surface area contributed by atoms with Gasteiger partial charge in [0.15, 0.2) is 6.04 Å². The van der Waals surface area contributed by atoms with Crippen LogP contribution < -0.4 is 5.32 Å². The third kappa shape index (κ3) is 3.11. The summed E-state index contributed by atoms with van der Waals surface area (Å²) in [5.74, 6) is 2.96. The summed E-state index contributed by atoms with van der Waals surface area (Å²) in [6.07, 6.45) is 0. The fraction of sp³-hybridized carbons (Fsp3) is 0.200. The average Bonchev–Trinajstić information content (AvgIpc) is 2.66. The Morgan fingerprint density at radius 1 is 1.60 bits per heavy atom. The first-order valence-electron chi connectivity index (χ1n) is 4.14. The number of thiophene rings is 1. The van der Waals surface area contributed by atoms with Crippen molar-refractivity contribution in [1.82, 2.24) is 5.32 Å². The molecule has 0 bridgehead atoms. The largest absolute Gasteiger partial charge is 0.479 e. The van der Waals surface area contributed by atoms with E-state index in [2.05, 4.69) is 17.2 Å². The monoisotopic (exact) mass is 223 g/mol. The topological polar surface area (TPSA) is 66.4 Å². The Kier molecular flexibility index (Phi) is 3.89. The van der Waals surface area contributed by atoms with Gasteiger partial charge in [0.2, 0.25) is 0 Å². The number of aliphatic carboxylic acids is 1. The molecule has 1 unspecified atom stereocenters. The van der Waals surface area contributed by atoms with E-state index in [9.17, 15) is 9.59 Å². The fourth-order valence-electron chi connectivity index (χ4n) is 0.991. The van der Waals surface area contributed by atoms with Crippen LogP contribution in [0.5, 0.6) is 0 Å². The minimum absolute atomic E-state index is 0.578. The normalized spacial score (nSPS) is 11.0. The van der Waals surface area contributed by atoms with Crippen molar-refractivity contribution in [2.45, 2.75) is 13.0 Å². The summed E-state index contributed by atoms with van der Waals surface area (Å²) in [4.78, 5) is 22.6. The van der Waals surface area contributed by atoms with E-state index in [0.29, 0.717) is 4.88 Å². The highest BCUT2D eigenvalue weighted by molar-refractivity contribution is 7.10. The molecule has 0 aromatic carbocycles. The molecule has 78 valence electrons. The van der Waals surface area contributed by atoms with Crippen LogP contribution in [0, 0.1) is 11.8 Å². The molecule has 1 rings (SSSR count). The lowest BCUT2D eigenvalue weighted by atomic mass is 10.2. The number of carboxylic acids is 1. The van der Waals surface area contributed by atoms with E-state index in [-0.39, 0.29) is 0 Å². The van der Waals surface area contributed by atoms with Crippen molar-refractivity contribution in [2.24, 2.45) is 0 Å². The number of carbonyl (C=O) groups is 2. The van der Waals surface area contributed by atoms with E-state index in [0.717, 1.165) is 0 Å². The minimum atomic E-state index is -1.09. The SMILES string of the molecule is CC#CC(=O)NC(C(=O)O)c1cccs1. The van der Waals surface area contributed by atoms with Crippen molar-refractivity contribution in [2.75, 3.05) is 0 Å². The van der Waals surface area contributed by atoms with E-state index in [1.54, 1.807) is 17.5 Å². The number of carbonyl (C=O) groups excluding carboxylic acids is 1. The molecule has 5 heteroatoms. The van der Waals surface area contributed by atoms with E-state index in [4.69, 9.17) is 5.11 Å². The van der Waals surface area contributed by atoms with Crippen LogP contribution in [-0.2, 0) is 9.59 Å². The van der Waals surface area contributed by atoms with Gasteiger partial charge in [-0.1, -0.05) is 12.0 Å². The molecule has 15 heavy (non-hydrogen) atoms. The third-order valence-electron chi connectivity index (χ3n) is 1.59. The second-order valence-electron chi connectivity index (χ2n) is 2.64. The summed E-state index contributed by atoms with van der Waals surface area (Å²) in [6.45, 7) is 1.51. The van der Waals surface area contributed by atoms with Gasteiger partial charge in [0.1, 0.15) is 0 Å². The molecule has 1 heterocycles. The van der Waals surface area contributed by atoms with Crippen molar-refractivity contribution in [3.8, 4) is 11.8 Å². The van der Waals surface area contributed by atoms with Crippen molar-refractivity contribution in [1.29, 1.82) is 0 Å². The zero-order chi connectivity index (χ0) is 11.3. The summed E-state index contributed by atoms with van der Waals surface area (Å²) < 4.78 is 0. The summed E-state index contributed by atoms with van der Waals surface area (Å²) >= 11 is 1.28. The van der Waals surface area contributed by atoms with Crippen LogP contribution >= 0.6 is 11.3 Å². The Labute approximate surface area is 90.9 Å². The van der Waals surface area contributed by atoms with Gasteiger partial charge < -0.3 is 10.4 Å². The average molecular weight is 223 g/mol. The number of nitrogens with one attached hydrogen (secondary N) is 1. The number of amides is 1. The first-order valence-corrected chi connectivity index (χ1v) is 5.02. The molecule has 0 radical (unpaired) electrons. The highest BCUT2D eigenvalue weighted by atomic mass is 32.1. The summed E-state index contributed by atoms with van der Waals surface area (Å²) in [7, 11) is 0. The molecule has 1 aromatic rings. The molecule has 1 amide bonds. The zero-order valence-corrected chi connectivity index (χ0v) is 8.80. The van der Waals surface area contributed by atoms with Gasteiger partial charge in [0.05, 0.1) is 0 Å². The van der Waals surface area contributed by atoms with Crippen LogP contribution in [-0.4, -0.2) is 17.0 Å². The van der Waals surface area contributed by atoms with E-state index in [1.165, 1.54) is 18.3 Å². The number of rotatable bonds is 3. The van der Waals surface area contributed by atoms with Gasteiger partial charge in [-0.05, 0) is 24.3 Å². The molecule has 0 aliphatic carbocycles. The van der Waals surface area contributed by atoms with Gasteiger partial charge in [-0.2, -0.15) is 0 Å². The van der Waals surface area contributed by atoms with Gasteiger partial charge in [-0.3, -0.25) is 4.79 Å². The maximum atomic E-state index is 11.1. The molecular weight excluding hydrogens is 214 g/mol. The molecule has 0 saturated carbocycles. The van der Waals surface area contributed by atoms with Crippen molar-refractivity contribution >= 4 is 23.2 Å². The molecular formula is C10H9NO3S. The van der Waals surface area contributed by atoms with E-state index >= 15 is 0 Å². The third-order valence-corrected chi connectivity index (χ3v) is 2.53. The maximum Gasteiger partial charge on any atom is 0.331 e. The maximum absolute atomic E-state index is 11.1. The lowest BCUT2D eigenvalue weighted by molar-refractivity contribution is -0.141. The lowest BCUT2D eigenvalue weighted by Gasteiger charge is -2.09. The van der Waals surface area contributed by atoms with E-state index in [1.807, 2.05) is 0 Å². The van der Waals surface area contributed by atoms with Crippen molar-refractivity contribution in [3.05, 3.63) is 22.4 Å². The summed E-state index contributed by atoms with van der Waals surface area (Å²) in [6, 6.07) is 2.37. The number of hydrogen-bond acceptors (Lipinski definition) is 3. The van der Waals surface area contributed by atoms with Crippen LogP contribution in [0.3, 0.4) is 0 Å². The molecule has 0 saturated heterocycles. The molecule has 2 N–H and O–H groups in total. The smallest absolute Gasteiger partial charge is 0.331 e. The fourth-order valence-corrected chi connectivity index (χ4v) is 1.76. The molecule has 0 spiro atoms. The van der Waals surface area contributed by atoms with Crippen LogP contribution in [0.4, 0.5) is 0 Å². The number of hydrogen-bond donors (Lipinski definition) is 2. The predicted molar refractivity (Wildman–Crippen MR) is 56.3 cm³/mol. The molecule has 1 aromatic heterocycles. The van der Waals surface area contributed by atoms with Crippen LogP contribution in [0.2, 0.25) is 0 Å². The second kappa shape index (κ2) is 5.17. The quantitative estimate of drug-likeness (QED) is 0.752. The lowest BCUT2D eigenvalue weighted by Crippen LogP contribution is -2.32. The van der Waals surface area contributed by atoms with Gasteiger partial charge in [0.25, 0.3) is 5.91 Å². The van der Waals surface area contributed by atoms with Gasteiger partial charge in [-0.25, -0.2) is 4.79 Å². The summed E-state index contributed by atoms with van der Waals surface area (Å²) in [5.41, 5.74) is 0. The standard InChI is InChI=1S/C10H9NO3S/c1-2-4-8(12)11-9(10(13)14)7-5-3-6-15-7/h3,5-6,9H,1H3,(H,11,12)(H,13,14). The van der Waals surface area contributed by atoms with Crippen LogP contribution in [0.1, 0.15) is 17.8 Å².